The molecule has 1 fully saturated rings. The van der Waals surface area contributed by atoms with Gasteiger partial charge in [-0.25, -0.2) is 0 Å². The lowest BCUT2D eigenvalue weighted by atomic mass is 9.97. The van der Waals surface area contributed by atoms with Crippen molar-refractivity contribution in [3.63, 3.8) is 0 Å². The van der Waals surface area contributed by atoms with Crippen LogP contribution in [-0.4, -0.2) is 18.4 Å². The number of anilines is 1. The van der Waals surface area contributed by atoms with E-state index in [4.69, 9.17) is 23.2 Å². The number of allylic oxidation sites excluding steroid dienone is 1. The van der Waals surface area contributed by atoms with Crippen molar-refractivity contribution in [2.24, 2.45) is 5.41 Å². The van der Waals surface area contributed by atoms with Gasteiger partial charge < -0.3 is 10.6 Å². The molecular weight excluding hydrogens is 359 g/mol. The molecule has 4 nitrogen and oxygen atoms in total. The molecule has 2 aliphatic carbocycles. The third kappa shape index (κ3) is 4.36. The summed E-state index contributed by atoms with van der Waals surface area (Å²) in [5, 5.41) is 6.51. The average Bonchev–Trinajstić information content (AvgIpc) is 3.41. The molecule has 0 spiro atoms. The fourth-order valence-electron chi connectivity index (χ4n) is 3.14. The normalized spacial score (nSPS) is 18.2. The second-order valence-electron chi connectivity index (χ2n) is 6.78. The summed E-state index contributed by atoms with van der Waals surface area (Å²) in [5.74, 6) is -0.457. The zero-order valence-electron chi connectivity index (χ0n) is 14.0. The number of carbonyl (C=O) groups excluding carboxylic acids is 2. The van der Waals surface area contributed by atoms with Crippen molar-refractivity contribution >= 4 is 40.7 Å². The lowest BCUT2D eigenvalue weighted by Gasteiger charge is -2.17. The quantitative estimate of drug-likeness (QED) is 0.553. The van der Waals surface area contributed by atoms with Crippen molar-refractivity contribution in [2.75, 3.05) is 11.9 Å². The van der Waals surface area contributed by atoms with E-state index in [9.17, 15) is 9.59 Å². The molecule has 0 bridgehead atoms. The molecule has 2 amide bonds. The summed E-state index contributed by atoms with van der Waals surface area (Å²) in [7, 11) is 0. The zero-order valence-corrected chi connectivity index (χ0v) is 15.6. The van der Waals surface area contributed by atoms with Crippen LogP contribution in [0.3, 0.4) is 0 Å². The number of amides is 2. The number of rotatable bonds is 6. The lowest BCUT2D eigenvalue weighted by molar-refractivity contribution is -0.134. The molecule has 6 heteroatoms. The van der Waals surface area contributed by atoms with E-state index < -0.39 is 5.41 Å². The summed E-state index contributed by atoms with van der Waals surface area (Å²) in [5.41, 5.74) is 1.02. The van der Waals surface area contributed by atoms with E-state index in [-0.39, 0.29) is 11.8 Å². The highest BCUT2D eigenvalue weighted by molar-refractivity contribution is 6.42. The van der Waals surface area contributed by atoms with E-state index in [1.54, 1.807) is 18.2 Å². The van der Waals surface area contributed by atoms with Crippen LogP contribution < -0.4 is 10.6 Å². The van der Waals surface area contributed by atoms with Gasteiger partial charge in [-0.2, -0.15) is 0 Å². The topological polar surface area (TPSA) is 58.2 Å². The predicted molar refractivity (Wildman–Crippen MR) is 101 cm³/mol. The first-order valence-electron chi connectivity index (χ1n) is 8.74. The molecule has 1 aromatic carbocycles. The predicted octanol–water partition coefficient (Wildman–Crippen LogP) is 4.72. The second-order valence-corrected chi connectivity index (χ2v) is 7.59. The van der Waals surface area contributed by atoms with Gasteiger partial charge in [0.1, 0.15) is 5.41 Å². The molecule has 0 atom stereocenters. The van der Waals surface area contributed by atoms with Crippen molar-refractivity contribution in [1.29, 1.82) is 0 Å². The Bertz CT molecular complexity index is 711. The molecule has 1 saturated carbocycles. The molecule has 1 aromatic rings. The molecule has 25 heavy (non-hydrogen) atoms. The minimum atomic E-state index is -0.937. The van der Waals surface area contributed by atoms with Gasteiger partial charge in [-0.1, -0.05) is 34.9 Å². The number of nitrogens with one attached hydrogen (secondary N) is 2. The van der Waals surface area contributed by atoms with Crippen LogP contribution in [0.1, 0.15) is 44.9 Å². The van der Waals surface area contributed by atoms with E-state index in [1.807, 2.05) is 0 Å². The minimum absolute atomic E-state index is 0.179. The van der Waals surface area contributed by atoms with E-state index in [1.165, 1.54) is 18.4 Å². The molecule has 0 aliphatic heterocycles. The van der Waals surface area contributed by atoms with Crippen molar-refractivity contribution < 1.29 is 9.59 Å². The monoisotopic (exact) mass is 380 g/mol. The van der Waals surface area contributed by atoms with Gasteiger partial charge in [-0.05, 0) is 63.1 Å². The van der Waals surface area contributed by atoms with E-state index in [0.29, 0.717) is 35.1 Å². The smallest absolute Gasteiger partial charge is 0.240 e. The van der Waals surface area contributed by atoms with E-state index in [0.717, 1.165) is 19.3 Å². The third-order valence-electron chi connectivity index (χ3n) is 4.91. The summed E-state index contributed by atoms with van der Waals surface area (Å²) in [6.07, 6.45) is 9.06. The molecule has 0 aromatic heterocycles. The van der Waals surface area contributed by atoms with Crippen LogP contribution in [0.25, 0.3) is 0 Å². The Balaban J connectivity index is 1.53. The number of hydrogen-bond acceptors (Lipinski definition) is 2. The fourth-order valence-corrected chi connectivity index (χ4v) is 3.44. The van der Waals surface area contributed by atoms with Crippen LogP contribution in [0, 0.1) is 5.41 Å². The Morgan fingerprint density at radius 1 is 1.08 bits per heavy atom. The molecule has 0 heterocycles. The summed E-state index contributed by atoms with van der Waals surface area (Å²) < 4.78 is 0. The molecule has 0 saturated heterocycles. The van der Waals surface area contributed by atoms with Crippen LogP contribution in [0.5, 0.6) is 0 Å². The molecule has 134 valence electrons. The summed E-state index contributed by atoms with van der Waals surface area (Å²) in [6.45, 7) is 0.590. The van der Waals surface area contributed by atoms with Gasteiger partial charge in [0.05, 0.1) is 10.0 Å². The van der Waals surface area contributed by atoms with Gasteiger partial charge in [0.25, 0.3) is 0 Å². The van der Waals surface area contributed by atoms with Gasteiger partial charge in [0, 0.05) is 12.2 Å². The van der Waals surface area contributed by atoms with Crippen molar-refractivity contribution in [3.05, 3.63) is 39.9 Å². The van der Waals surface area contributed by atoms with Crippen LogP contribution in [-0.2, 0) is 9.59 Å². The zero-order chi connectivity index (χ0) is 17.9. The molecule has 2 N–H and O–H groups in total. The van der Waals surface area contributed by atoms with Crippen molar-refractivity contribution in [2.45, 2.75) is 44.9 Å². The number of halogens is 2. The highest BCUT2D eigenvalue weighted by Crippen LogP contribution is 2.47. The Hall–Kier alpha value is -1.52. The van der Waals surface area contributed by atoms with Gasteiger partial charge in [0.15, 0.2) is 0 Å². The molecular formula is C19H22Cl2N2O2. The van der Waals surface area contributed by atoms with Gasteiger partial charge in [-0.15, -0.1) is 0 Å². The largest absolute Gasteiger partial charge is 0.355 e. The van der Waals surface area contributed by atoms with Gasteiger partial charge in [0.2, 0.25) is 11.8 Å². The number of carbonyl (C=O) groups is 2. The number of benzene rings is 1. The highest BCUT2D eigenvalue weighted by atomic mass is 35.5. The molecule has 3 rings (SSSR count). The first-order valence-corrected chi connectivity index (χ1v) is 9.49. The van der Waals surface area contributed by atoms with Crippen molar-refractivity contribution in [1.82, 2.24) is 5.32 Å². The van der Waals surface area contributed by atoms with Crippen molar-refractivity contribution in [3.8, 4) is 0 Å². The lowest BCUT2D eigenvalue weighted by Crippen LogP contribution is -2.40. The van der Waals surface area contributed by atoms with Crippen LogP contribution in [0.4, 0.5) is 5.69 Å². The number of hydrogen-bond donors (Lipinski definition) is 2. The Kier molecular flexibility index (Phi) is 5.70. The van der Waals surface area contributed by atoms with Crippen LogP contribution in [0.15, 0.2) is 29.8 Å². The maximum Gasteiger partial charge on any atom is 0.240 e. The molecule has 0 unspecified atom stereocenters. The van der Waals surface area contributed by atoms with E-state index in [2.05, 4.69) is 16.7 Å². The Labute approximate surface area is 158 Å². The summed E-state index contributed by atoms with van der Waals surface area (Å²) in [6, 6.07) is 4.89. The van der Waals surface area contributed by atoms with Gasteiger partial charge in [-0.3, -0.25) is 9.59 Å². The summed E-state index contributed by atoms with van der Waals surface area (Å²) in [4.78, 5) is 25.0. The average molecular weight is 381 g/mol. The van der Waals surface area contributed by atoms with Crippen LogP contribution in [0.2, 0.25) is 10.0 Å². The second kappa shape index (κ2) is 7.79. The van der Waals surface area contributed by atoms with Crippen LogP contribution >= 0.6 is 23.2 Å². The minimum Gasteiger partial charge on any atom is -0.355 e. The Morgan fingerprint density at radius 2 is 1.88 bits per heavy atom. The molecule has 0 radical (unpaired) electrons. The Morgan fingerprint density at radius 3 is 2.52 bits per heavy atom. The standard InChI is InChI=1S/C19H22Cl2N2O2/c20-15-7-6-14(12-16(15)21)23-18(25)19(9-10-19)17(24)22-11-8-13-4-2-1-3-5-13/h4,6-7,12H,1-3,5,8-11H2,(H,22,24)(H,23,25). The SMILES string of the molecule is O=C(NCCC1=CCCCC1)C1(C(=O)Nc2ccc(Cl)c(Cl)c2)CC1. The summed E-state index contributed by atoms with van der Waals surface area (Å²) >= 11 is 11.8. The maximum absolute atomic E-state index is 12.5. The molecule has 2 aliphatic rings. The maximum atomic E-state index is 12.5. The first-order chi connectivity index (χ1) is 12.0. The first kappa shape index (κ1) is 18.3. The van der Waals surface area contributed by atoms with E-state index >= 15 is 0 Å². The highest BCUT2D eigenvalue weighted by Gasteiger charge is 2.56. The van der Waals surface area contributed by atoms with Gasteiger partial charge >= 0.3 is 0 Å². The third-order valence-corrected chi connectivity index (χ3v) is 5.65. The fraction of sp³-hybridized carbons (Fsp3) is 0.474.